The summed E-state index contributed by atoms with van der Waals surface area (Å²) in [5.41, 5.74) is -9.05. The Labute approximate surface area is 113 Å². The van der Waals surface area contributed by atoms with Crippen molar-refractivity contribution in [3.8, 4) is 0 Å². The fourth-order valence-electron chi connectivity index (χ4n) is 2.56. The summed E-state index contributed by atoms with van der Waals surface area (Å²) in [4.78, 5) is 0. The molecule has 0 bridgehead atoms. The van der Waals surface area contributed by atoms with E-state index in [9.17, 15) is 17.6 Å². The molecular weight excluding hydrogens is 264 g/mol. The third-order valence-electron chi connectivity index (χ3n) is 4.14. The van der Waals surface area contributed by atoms with E-state index in [-0.39, 0.29) is 18.8 Å². The zero-order chi connectivity index (χ0) is 14.8. The van der Waals surface area contributed by atoms with Crippen molar-refractivity contribution in [1.29, 1.82) is 0 Å². The first-order valence-electron chi connectivity index (χ1n) is 6.24. The van der Waals surface area contributed by atoms with Gasteiger partial charge in [-0.25, -0.2) is 17.6 Å². The first-order valence-corrected chi connectivity index (χ1v) is 6.76. The standard InChI is InChI=1S/C13H24F4S/c1-6-11(4,12(5,16)7-9(2)3)13(17,8-14)10(15)18/h9-10,18H,6-8H2,1-5H3. The number of halogens is 4. The van der Waals surface area contributed by atoms with Gasteiger partial charge < -0.3 is 0 Å². The van der Waals surface area contributed by atoms with Gasteiger partial charge in [-0.2, -0.15) is 0 Å². The lowest BCUT2D eigenvalue weighted by molar-refractivity contribution is -0.139. The number of hydrogen-bond acceptors (Lipinski definition) is 1. The highest BCUT2D eigenvalue weighted by atomic mass is 32.1. The van der Waals surface area contributed by atoms with Crippen LogP contribution in [-0.4, -0.2) is 23.5 Å². The molecule has 4 atom stereocenters. The molecule has 0 heterocycles. The van der Waals surface area contributed by atoms with Gasteiger partial charge in [0.2, 0.25) is 0 Å². The van der Waals surface area contributed by atoms with E-state index in [1.807, 2.05) is 0 Å². The smallest absolute Gasteiger partial charge is 0.187 e. The predicted molar refractivity (Wildman–Crippen MR) is 71.1 cm³/mol. The highest BCUT2D eigenvalue weighted by Crippen LogP contribution is 2.54. The van der Waals surface area contributed by atoms with Crippen LogP contribution in [0, 0.1) is 11.3 Å². The van der Waals surface area contributed by atoms with Crippen molar-refractivity contribution in [2.45, 2.75) is 64.3 Å². The Balaban J connectivity index is 5.59. The van der Waals surface area contributed by atoms with Crippen LogP contribution in [0.25, 0.3) is 0 Å². The summed E-state index contributed by atoms with van der Waals surface area (Å²) >= 11 is 3.38. The van der Waals surface area contributed by atoms with Crippen molar-refractivity contribution in [2.75, 3.05) is 6.67 Å². The van der Waals surface area contributed by atoms with Crippen LogP contribution >= 0.6 is 12.6 Å². The number of hydrogen-bond donors (Lipinski definition) is 1. The Kier molecular flexibility index (Phi) is 6.04. The predicted octanol–water partition coefficient (Wildman–Crippen LogP) is 5.08. The van der Waals surface area contributed by atoms with E-state index in [1.165, 1.54) is 20.8 Å². The topological polar surface area (TPSA) is 0 Å². The van der Waals surface area contributed by atoms with E-state index in [4.69, 9.17) is 0 Å². The molecule has 0 N–H and O–H groups in total. The molecule has 0 aliphatic heterocycles. The van der Waals surface area contributed by atoms with Gasteiger partial charge in [-0.15, -0.1) is 12.6 Å². The van der Waals surface area contributed by atoms with Crippen molar-refractivity contribution < 1.29 is 17.6 Å². The summed E-state index contributed by atoms with van der Waals surface area (Å²) < 4.78 is 55.8. The SMILES string of the molecule is CCC(C)(C(C)(F)CC(C)C)C(F)(CF)C(F)S. The van der Waals surface area contributed by atoms with Crippen LogP contribution in [0.15, 0.2) is 0 Å². The Bertz CT molecular complexity index is 268. The molecule has 0 aliphatic carbocycles. The molecule has 0 spiro atoms. The molecule has 18 heavy (non-hydrogen) atoms. The molecule has 0 rings (SSSR count). The van der Waals surface area contributed by atoms with Crippen molar-refractivity contribution in [3.63, 3.8) is 0 Å². The summed E-state index contributed by atoms with van der Waals surface area (Å²) in [6.45, 7) is 6.01. The molecule has 4 unspecified atom stereocenters. The van der Waals surface area contributed by atoms with Crippen LogP contribution in [-0.2, 0) is 0 Å². The Hall–Kier alpha value is 0.0700. The van der Waals surface area contributed by atoms with E-state index >= 15 is 0 Å². The van der Waals surface area contributed by atoms with E-state index < -0.39 is 28.9 Å². The maximum atomic E-state index is 14.8. The fourth-order valence-corrected chi connectivity index (χ4v) is 2.92. The van der Waals surface area contributed by atoms with Crippen molar-refractivity contribution in [3.05, 3.63) is 0 Å². The van der Waals surface area contributed by atoms with Gasteiger partial charge in [-0.1, -0.05) is 27.7 Å². The molecular formula is C13H24F4S. The molecule has 0 aromatic heterocycles. The number of thiol groups is 1. The van der Waals surface area contributed by atoms with E-state index in [0.29, 0.717) is 0 Å². The van der Waals surface area contributed by atoms with Crippen molar-refractivity contribution in [1.82, 2.24) is 0 Å². The minimum absolute atomic E-state index is 0.00583. The lowest BCUT2D eigenvalue weighted by Crippen LogP contribution is -2.59. The second-order valence-corrected chi connectivity index (χ2v) is 6.27. The summed E-state index contributed by atoms with van der Waals surface area (Å²) in [5.74, 6) is -0.0345. The van der Waals surface area contributed by atoms with Crippen LogP contribution in [0.4, 0.5) is 17.6 Å². The average molecular weight is 288 g/mol. The van der Waals surface area contributed by atoms with Gasteiger partial charge in [0.1, 0.15) is 12.3 Å². The fraction of sp³-hybridized carbons (Fsp3) is 1.00. The first kappa shape index (κ1) is 18.1. The van der Waals surface area contributed by atoms with E-state index in [0.717, 1.165) is 0 Å². The third-order valence-corrected chi connectivity index (χ3v) is 4.55. The van der Waals surface area contributed by atoms with Crippen molar-refractivity contribution in [2.24, 2.45) is 11.3 Å². The molecule has 110 valence electrons. The van der Waals surface area contributed by atoms with E-state index in [1.54, 1.807) is 13.8 Å². The van der Waals surface area contributed by atoms with Gasteiger partial charge >= 0.3 is 0 Å². The molecule has 0 saturated heterocycles. The molecule has 0 fully saturated rings. The summed E-state index contributed by atoms with van der Waals surface area (Å²) in [7, 11) is 0. The monoisotopic (exact) mass is 288 g/mol. The highest BCUT2D eigenvalue weighted by molar-refractivity contribution is 7.80. The minimum atomic E-state index is -2.93. The largest absolute Gasteiger partial charge is 0.247 e. The van der Waals surface area contributed by atoms with Gasteiger partial charge in [0.15, 0.2) is 11.2 Å². The minimum Gasteiger partial charge on any atom is -0.247 e. The van der Waals surface area contributed by atoms with Gasteiger partial charge in [0.25, 0.3) is 0 Å². The van der Waals surface area contributed by atoms with Gasteiger partial charge in [-0.05, 0) is 25.7 Å². The molecule has 0 nitrogen and oxygen atoms in total. The normalized spacial score (nSPS) is 24.2. The first-order chi connectivity index (χ1) is 7.98. The second kappa shape index (κ2) is 6.02. The van der Waals surface area contributed by atoms with Gasteiger partial charge in [0.05, 0.1) is 0 Å². The van der Waals surface area contributed by atoms with Crippen LogP contribution < -0.4 is 0 Å². The van der Waals surface area contributed by atoms with E-state index in [2.05, 4.69) is 12.6 Å². The zero-order valence-corrected chi connectivity index (χ0v) is 12.6. The molecule has 0 saturated carbocycles. The lowest BCUT2D eigenvalue weighted by atomic mass is 9.61. The van der Waals surface area contributed by atoms with Crippen molar-refractivity contribution >= 4 is 12.6 Å². The molecule has 0 amide bonds. The van der Waals surface area contributed by atoms with Crippen LogP contribution in [0.3, 0.4) is 0 Å². The summed E-state index contributed by atoms with van der Waals surface area (Å²) in [5, 5.41) is 0. The van der Waals surface area contributed by atoms with Crippen LogP contribution in [0.2, 0.25) is 0 Å². The molecule has 0 radical (unpaired) electrons. The maximum Gasteiger partial charge on any atom is 0.187 e. The quantitative estimate of drug-likeness (QED) is 0.490. The third kappa shape index (κ3) is 2.97. The van der Waals surface area contributed by atoms with Gasteiger partial charge in [0, 0.05) is 5.41 Å². The van der Waals surface area contributed by atoms with Crippen LogP contribution in [0.5, 0.6) is 0 Å². The number of rotatable bonds is 7. The highest BCUT2D eigenvalue weighted by Gasteiger charge is 2.62. The van der Waals surface area contributed by atoms with Crippen LogP contribution in [0.1, 0.15) is 47.5 Å². The molecule has 0 aromatic rings. The molecule has 0 aliphatic rings. The number of alkyl halides is 4. The zero-order valence-electron chi connectivity index (χ0n) is 11.7. The average Bonchev–Trinajstić information content (AvgIpc) is 2.24. The van der Waals surface area contributed by atoms with Gasteiger partial charge in [-0.3, -0.25) is 0 Å². The summed E-state index contributed by atoms with van der Waals surface area (Å²) in [6, 6.07) is 0. The Morgan fingerprint density at radius 1 is 1.17 bits per heavy atom. The molecule has 5 heteroatoms. The maximum absolute atomic E-state index is 14.8. The Morgan fingerprint density at radius 2 is 1.61 bits per heavy atom. The molecule has 0 aromatic carbocycles. The summed E-state index contributed by atoms with van der Waals surface area (Å²) in [6.07, 6.45) is 0.0393. The lowest BCUT2D eigenvalue weighted by Gasteiger charge is -2.49. The second-order valence-electron chi connectivity index (χ2n) is 5.81. The Morgan fingerprint density at radius 3 is 1.83 bits per heavy atom.